The summed E-state index contributed by atoms with van der Waals surface area (Å²) < 4.78 is 1.80. The van der Waals surface area contributed by atoms with Crippen molar-refractivity contribution in [3.8, 4) is 5.69 Å². The maximum absolute atomic E-state index is 9.00. The summed E-state index contributed by atoms with van der Waals surface area (Å²) in [6.07, 6.45) is 0. The lowest BCUT2D eigenvalue weighted by Gasteiger charge is -2.07. The van der Waals surface area contributed by atoms with Gasteiger partial charge >= 0.3 is 0 Å². The van der Waals surface area contributed by atoms with Crippen LogP contribution in [0.2, 0.25) is 5.02 Å². The molecular formula is C12H13ClN2O. The lowest BCUT2D eigenvalue weighted by atomic mass is 10.2. The lowest BCUT2D eigenvalue weighted by Crippen LogP contribution is -2.00. The molecule has 0 saturated carbocycles. The van der Waals surface area contributed by atoms with Crippen LogP contribution in [0.25, 0.3) is 5.69 Å². The minimum absolute atomic E-state index is 0.00286. The van der Waals surface area contributed by atoms with Gasteiger partial charge in [-0.2, -0.15) is 5.10 Å². The molecule has 2 rings (SSSR count). The summed E-state index contributed by atoms with van der Waals surface area (Å²) in [5, 5.41) is 14.0. The van der Waals surface area contributed by atoms with Crippen LogP contribution < -0.4 is 0 Å². The maximum atomic E-state index is 9.00. The van der Waals surface area contributed by atoms with E-state index < -0.39 is 0 Å². The van der Waals surface area contributed by atoms with Gasteiger partial charge in [0.05, 0.1) is 23.0 Å². The van der Waals surface area contributed by atoms with Crippen molar-refractivity contribution in [1.29, 1.82) is 0 Å². The van der Waals surface area contributed by atoms with Gasteiger partial charge in [-0.15, -0.1) is 0 Å². The first-order valence-electron chi connectivity index (χ1n) is 5.04. The van der Waals surface area contributed by atoms with Crippen molar-refractivity contribution in [3.63, 3.8) is 0 Å². The number of aryl methyl sites for hydroxylation is 2. The molecule has 0 fully saturated rings. The first-order valence-corrected chi connectivity index (χ1v) is 5.42. The van der Waals surface area contributed by atoms with Gasteiger partial charge in [-0.1, -0.05) is 17.7 Å². The molecule has 0 saturated heterocycles. The molecule has 16 heavy (non-hydrogen) atoms. The van der Waals surface area contributed by atoms with E-state index in [0.29, 0.717) is 5.02 Å². The van der Waals surface area contributed by atoms with Crippen molar-refractivity contribution in [3.05, 3.63) is 46.2 Å². The Morgan fingerprint density at radius 2 is 2.06 bits per heavy atom. The Labute approximate surface area is 99.3 Å². The van der Waals surface area contributed by atoms with E-state index in [1.807, 2.05) is 32.0 Å². The van der Waals surface area contributed by atoms with Gasteiger partial charge in [0.2, 0.25) is 0 Å². The summed E-state index contributed by atoms with van der Waals surface area (Å²) >= 11 is 6.15. The summed E-state index contributed by atoms with van der Waals surface area (Å²) in [6.45, 7) is 3.92. The molecule has 84 valence electrons. The van der Waals surface area contributed by atoms with E-state index in [4.69, 9.17) is 16.7 Å². The highest BCUT2D eigenvalue weighted by molar-refractivity contribution is 6.32. The quantitative estimate of drug-likeness (QED) is 0.871. The maximum Gasteiger partial charge on any atom is 0.0835 e. The number of rotatable bonds is 2. The predicted octanol–water partition coefficient (Wildman–Crippen LogP) is 2.63. The predicted molar refractivity (Wildman–Crippen MR) is 64.0 cm³/mol. The molecule has 4 heteroatoms. The van der Waals surface area contributed by atoms with Crippen LogP contribution in [0.3, 0.4) is 0 Å². The zero-order valence-electron chi connectivity index (χ0n) is 9.24. The molecule has 0 spiro atoms. The molecule has 1 heterocycles. The van der Waals surface area contributed by atoms with Crippen LogP contribution in [0.15, 0.2) is 24.3 Å². The topological polar surface area (TPSA) is 38.0 Å². The van der Waals surface area contributed by atoms with Crippen LogP contribution in [0.5, 0.6) is 0 Å². The second-order valence-electron chi connectivity index (χ2n) is 3.78. The molecule has 0 radical (unpaired) electrons. The molecule has 1 aromatic heterocycles. The Balaban J connectivity index is 2.52. The molecule has 2 aromatic rings. The molecule has 0 amide bonds. The fourth-order valence-corrected chi connectivity index (χ4v) is 1.98. The summed E-state index contributed by atoms with van der Waals surface area (Å²) in [5.74, 6) is 0. The molecular weight excluding hydrogens is 224 g/mol. The van der Waals surface area contributed by atoms with Gasteiger partial charge in [0.25, 0.3) is 0 Å². The Morgan fingerprint density at radius 1 is 1.31 bits per heavy atom. The molecule has 3 nitrogen and oxygen atoms in total. The van der Waals surface area contributed by atoms with Gasteiger partial charge in [-0.3, -0.25) is 0 Å². The monoisotopic (exact) mass is 236 g/mol. The van der Waals surface area contributed by atoms with Gasteiger partial charge in [0.1, 0.15) is 0 Å². The second kappa shape index (κ2) is 4.28. The number of aliphatic hydroxyl groups excluding tert-OH is 1. The van der Waals surface area contributed by atoms with Gasteiger partial charge in [-0.25, -0.2) is 4.68 Å². The molecule has 0 aliphatic rings. The number of nitrogens with zero attached hydrogens (tertiary/aromatic N) is 2. The number of hydrogen-bond donors (Lipinski definition) is 1. The van der Waals surface area contributed by atoms with E-state index in [1.165, 1.54) is 0 Å². The van der Waals surface area contributed by atoms with Crippen molar-refractivity contribution in [2.45, 2.75) is 20.5 Å². The smallest absolute Gasteiger partial charge is 0.0835 e. The molecule has 0 bridgehead atoms. The molecule has 0 aliphatic carbocycles. The number of hydrogen-bond acceptors (Lipinski definition) is 2. The number of aliphatic hydroxyl groups is 1. The SMILES string of the molecule is Cc1cc(C)n(-c2ccc(CO)cc2Cl)n1. The number of benzene rings is 1. The van der Waals surface area contributed by atoms with Crippen molar-refractivity contribution in [2.75, 3.05) is 0 Å². The average Bonchev–Trinajstić information content (AvgIpc) is 2.57. The normalized spacial score (nSPS) is 10.8. The van der Waals surface area contributed by atoms with Crippen LogP contribution >= 0.6 is 11.6 Å². The first kappa shape index (κ1) is 11.2. The summed E-state index contributed by atoms with van der Waals surface area (Å²) in [5.41, 5.74) is 3.63. The third-order valence-corrected chi connectivity index (χ3v) is 2.74. The van der Waals surface area contributed by atoms with Crippen LogP contribution in [0, 0.1) is 13.8 Å². The third-order valence-electron chi connectivity index (χ3n) is 2.43. The van der Waals surface area contributed by atoms with Crippen LogP contribution in [0.4, 0.5) is 0 Å². The van der Waals surface area contributed by atoms with Crippen molar-refractivity contribution in [1.82, 2.24) is 9.78 Å². The van der Waals surface area contributed by atoms with E-state index in [9.17, 15) is 0 Å². The van der Waals surface area contributed by atoms with Crippen LogP contribution in [-0.4, -0.2) is 14.9 Å². The highest BCUT2D eigenvalue weighted by Gasteiger charge is 2.08. The Bertz CT molecular complexity index is 520. The number of aromatic nitrogens is 2. The van der Waals surface area contributed by atoms with Gasteiger partial charge in [-0.05, 0) is 37.6 Å². The molecule has 1 N–H and O–H groups in total. The molecule has 1 aromatic carbocycles. The lowest BCUT2D eigenvalue weighted by molar-refractivity contribution is 0.282. The zero-order chi connectivity index (χ0) is 11.7. The van der Waals surface area contributed by atoms with E-state index in [2.05, 4.69) is 5.10 Å². The van der Waals surface area contributed by atoms with E-state index in [1.54, 1.807) is 10.7 Å². The molecule has 0 unspecified atom stereocenters. The molecule has 0 atom stereocenters. The van der Waals surface area contributed by atoms with Gasteiger partial charge in [0.15, 0.2) is 0 Å². The second-order valence-corrected chi connectivity index (χ2v) is 4.19. The average molecular weight is 237 g/mol. The van der Waals surface area contributed by atoms with Crippen LogP contribution in [0.1, 0.15) is 17.0 Å². The van der Waals surface area contributed by atoms with Crippen LogP contribution in [-0.2, 0) is 6.61 Å². The van der Waals surface area contributed by atoms with E-state index in [-0.39, 0.29) is 6.61 Å². The van der Waals surface area contributed by atoms with Crippen molar-refractivity contribution < 1.29 is 5.11 Å². The first-order chi connectivity index (χ1) is 7.61. The number of halogens is 1. The fraction of sp³-hybridized carbons (Fsp3) is 0.250. The van der Waals surface area contributed by atoms with Crippen molar-refractivity contribution in [2.24, 2.45) is 0 Å². The molecule has 0 aliphatic heterocycles. The largest absolute Gasteiger partial charge is 0.392 e. The standard InChI is InChI=1S/C12H13ClN2O/c1-8-5-9(2)15(14-8)12-4-3-10(7-16)6-11(12)13/h3-6,16H,7H2,1-2H3. The Hall–Kier alpha value is -1.32. The highest BCUT2D eigenvalue weighted by atomic mass is 35.5. The van der Waals surface area contributed by atoms with E-state index >= 15 is 0 Å². The summed E-state index contributed by atoms with van der Waals surface area (Å²) in [7, 11) is 0. The summed E-state index contributed by atoms with van der Waals surface area (Å²) in [4.78, 5) is 0. The van der Waals surface area contributed by atoms with Crippen molar-refractivity contribution >= 4 is 11.6 Å². The zero-order valence-corrected chi connectivity index (χ0v) is 9.99. The van der Waals surface area contributed by atoms with Gasteiger partial charge in [0, 0.05) is 5.69 Å². The van der Waals surface area contributed by atoms with E-state index in [0.717, 1.165) is 22.6 Å². The Morgan fingerprint density at radius 3 is 2.56 bits per heavy atom. The third kappa shape index (κ3) is 1.96. The minimum Gasteiger partial charge on any atom is -0.392 e. The Kier molecular flexibility index (Phi) is 2.99. The summed E-state index contributed by atoms with van der Waals surface area (Å²) in [6, 6.07) is 7.47. The minimum atomic E-state index is -0.00286. The fourth-order valence-electron chi connectivity index (χ4n) is 1.69. The highest BCUT2D eigenvalue weighted by Crippen LogP contribution is 2.23. The van der Waals surface area contributed by atoms with Gasteiger partial charge < -0.3 is 5.11 Å².